The second-order valence-corrected chi connectivity index (χ2v) is 9.94. The summed E-state index contributed by atoms with van der Waals surface area (Å²) in [7, 11) is -4.01. The van der Waals surface area contributed by atoms with E-state index in [1.54, 1.807) is 42.5 Å². The minimum Gasteiger partial charge on any atom is -0.490 e. The van der Waals surface area contributed by atoms with Crippen LogP contribution in [0.25, 0.3) is 6.08 Å². The minimum absolute atomic E-state index is 0.0236. The van der Waals surface area contributed by atoms with Crippen molar-refractivity contribution in [2.24, 2.45) is 0 Å². The monoisotopic (exact) mass is 521 g/mol. The van der Waals surface area contributed by atoms with Crippen molar-refractivity contribution >= 4 is 50.7 Å². The van der Waals surface area contributed by atoms with E-state index in [1.807, 2.05) is 6.92 Å². The highest BCUT2D eigenvalue weighted by molar-refractivity contribution is 7.95. The molecule has 0 saturated heterocycles. The molecule has 3 aromatic carbocycles. The summed E-state index contributed by atoms with van der Waals surface area (Å²) >= 11 is 18.0. The molecule has 0 amide bonds. The molecule has 0 aliphatic rings. The summed E-state index contributed by atoms with van der Waals surface area (Å²) < 4.78 is 37.2. The zero-order valence-corrected chi connectivity index (χ0v) is 20.5. The number of nitrogens with zero attached hydrogens (tertiary/aromatic N) is 1. The molecular formula is C24H18Cl3NO4S. The van der Waals surface area contributed by atoms with E-state index in [4.69, 9.17) is 44.3 Å². The van der Waals surface area contributed by atoms with Gasteiger partial charge in [0.2, 0.25) is 9.84 Å². The number of ether oxygens (including phenoxy) is 2. The van der Waals surface area contributed by atoms with Crippen molar-refractivity contribution in [2.75, 3.05) is 6.61 Å². The van der Waals surface area contributed by atoms with Crippen molar-refractivity contribution in [3.8, 4) is 17.6 Å². The van der Waals surface area contributed by atoms with Gasteiger partial charge in [-0.1, -0.05) is 46.9 Å². The van der Waals surface area contributed by atoms with Crippen LogP contribution in [0.1, 0.15) is 18.1 Å². The normalized spacial score (nSPS) is 11.7. The Morgan fingerprint density at radius 1 is 0.939 bits per heavy atom. The van der Waals surface area contributed by atoms with E-state index in [-0.39, 0.29) is 11.5 Å². The molecule has 0 fully saturated rings. The van der Waals surface area contributed by atoms with Crippen LogP contribution in [0.3, 0.4) is 0 Å². The second-order valence-electron chi connectivity index (χ2n) is 6.74. The summed E-state index contributed by atoms with van der Waals surface area (Å²) in [6.45, 7) is 2.35. The molecule has 0 bridgehead atoms. The Labute approximate surface area is 207 Å². The van der Waals surface area contributed by atoms with Crippen LogP contribution in [0.2, 0.25) is 15.1 Å². The van der Waals surface area contributed by atoms with Crippen LogP contribution in [0.15, 0.2) is 70.5 Å². The van der Waals surface area contributed by atoms with E-state index in [0.29, 0.717) is 38.7 Å². The molecule has 0 saturated carbocycles. The van der Waals surface area contributed by atoms with Crippen molar-refractivity contribution < 1.29 is 17.9 Å². The van der Waals surface area contributed by atoms with Crippen molar-refractivity contribution in [3.63, 3.8) is 0 Å². The molecule has 0 aliphatic carbocycles. The fraction of sp³-hybridized carbons (Fsp3) is 0.125. The standard InChI is InChI=1S/C24H18Cl3NO4S/c1-2-31-24-12-16(3-10-23(24)32-15-17-4-5-19(26)13-22(17)27)11-21(14-28)33(29,30)20-8-6-18(25)7-9-20/h3-13H,2,15H2,1H3. The Balaban J connectivity index is 1.90. The molecule has 5 nitrogen and oxygen atoms in total. The van der Waals surface area contributed by atoms with Gasteiger partial charge < -0.3 is 9.47 Å². The van der Waals surface area contributed by atoms with Crippen LogP contribution in [-0.4, -0.2) is 15.0 Å². The fourth-order valence-corrected chi connectivity index (χ4v) is 4.61. The lowest BCUT2D eigenvalue weighted by Gasteiger charge is -2.13. The average molecular weight is 523 g/mol. The van der Waals surface area contributed by atoms with Gasteiger partial charge in [-0.05, 0) is 67.1 Å². The number of sulfone groups is 1. The van der Waals surface area contributed by atoms with Crippen LogP contribution in [0.5, 0.6) is 11.5 Å². The van der Waals surface area contributed by atoms with Crippen LogP contribution in [0, 0.1) is 11.3 Å². The summed E-state index contributed by atoms with van der Waals surface area (Å²) in [6, 6.07) is 17.4. The van der Waals surface area contributed by atoms with Crippen molar-refractivity contribution in [3.05, 3.63) is 91.8 Å². The third-order valence-electron chi connectivity index (χ3n) is 4.49. The van der Waals surface area contributed by atoms with Gasteiger partial charge in [-0.2, -0.15) is 5.26 Å². The maximum atomic E-state index is 12.9. The molecule has 0 aliphatic heterocycles. The predicted octanol–water partition coefficient (Wildman–Crippen LogP) is 6.96. The molecule has 3 aromatic rings. The van der Waals surface area contributed by atoms with Gasteiger partial charge in [-0.15, -0.1) is 0 Å². The molecular weight excluding hydrogens is 505 g/mol. The van der Waals surface area contributed by atoms with Crippen molar-refractivity contribution in [2.45, 2.75) is 18.4 Å². The number of hydrogen-bond donors (Lipinski definition) is 0. The molecule has 3 rings (SSSR count). The van der Waals surface area contributed by atoms with Gasteiger partial charge in [0.05, 0.1) is 11.5 Å². The molecule has 9 heteroatoms. The largest absolute Gasteiger partial charge is 0.490 e. The van der Waals surface area contributed by atoms with Crippen LogP contribution in [0.4, 0.5) is 0 Å². The first-order valence-electron chi connectivity index (χ1n) is 9.70. The van der Waals surface area contributed by atoms with E-state index in [1.165, 1.54) is 30.3 Å². The molecule has 170 valence electrons. The first kappa shape index (κ1) is 24.9. The highest BCUT2D eigenvalue weighted by atomic mass is 35.5. The van der Waals surface area contributed by atoms with Crippen molar-refractivity contribution in [1.82, 2.24) is 0 Å². The fourth-order valence-electron chi connectivity index (χ4n) is 2.86. The summed E-state index contributed by atoms with van der Waals surface area (Å²) in [5.74, 6) is 0.844. The van der Waals surface area contributed by atoms with Gasteiger partial charge in [0.25, 0.3) is 0 Å². The van der Waals surface area contributed by atoms with Gasteiger partial charge in [0.1, 0.15) is 17.6 Å². The quantitative estimate of drug-likeness (QED) is 0.299. The van der Waals surface area contributed by atoms with Gasteiger partial charge in [0, 0.05) is 20.6 Å². The third-order valence-corrected chi connectivity index (χ3v) is 7.01. The smallest absolute Gasteiger partial charge is 0.216 e. The lowest BCUT2D eigenvalue weighted by atomic mass is 10.2. The number of hydrogen-bond acceptors (Lipinski definition) is 5. The summed E-state index contributed by atoms with van der Waals surface area (Å²) in [5.41, 5.74) is 1.21. The molecule has 0 aromatic heterocycles. The van der Waals surface area contributed by atoms with E-state index >= 15 is 0 Å². The highest BCUT2D eigenvalue weighted by Gasteiger charge is 2.21. The molecule has 0 heterocycles. The molecule has 0 N–H and O–H groups in total. The first-order valence-corrected chi connectivity index (χ1v) is 12.3. The Kier molecular flexibility index (Phi) is 8.28. The third kappa shape index (κ3) is 6.21. The maximum Gasteiger partial charge on any atom is 0.216 e. The van der Waals surface area contributed by atoms with Crippen LogP contribution < -0.4 is 9.47 Å². The van der Waals surface area contributed by atoms with E-state index in [0.717, 1.165) is 5.56 Å². The number of nitriles is 1. The Morgan fingerprint density at radius 3 is 2.27 bits per heavy atom. The molecule has 0 spiro atoms. The maximum absolute atomic E-state index is 12.9. The van der Waals surface area contributed by atoms with Crippen molar-refractivity contribution in [1.29, 1.82) is 5.26 Å². The van der Waals surface area contributed by atoms with E-state index < -0.39 is 14.7 Å². The predicted molar refractivity (Wildman–Crippen MR) is 131 cm³/mol. The number of halogens is 3. The molecule has 0 radical (unpaired) electrons. The summed E-state index contributed by atoms with van der Waals surface area (Å²) in [5, 5.41) is 10.9. The molecule has 0 unspecified atom stereocenters. The number of rotatable bonds is 8. The molecule has 0 atom stereocenters. The van der Waals surface area contributed by atoms with Crippen LogP contribution >= 0.6 is 34.8 Å². The van der Waals surface area contributed by atoms with Gasteiger partial charge >= 0.3 is 0 Å². The SMILES string of the molecule is CCOc1cc(C=C(C#N)S(=O)(=O)c2ccc(Cl)cc2)ccc1OCc1ccc(Cl)cc1Cl. The lowest BCUT2D eigenvalue weighted by molar-refractivity contribution is 0.269. The summed E-state index contributed by atoms with van der Waals surface area (Å²) in [4.78, 5) is -0.432. The van der Waals surface area contributed by atoms with Gasteiger partial charge in [-0.25, -0.2) is 8.42 Å². The summed E-state index contributed by atoms with van der Waals surface area (Å²) in [6.07, 6.45) is 1.28. The van der Waals surface area contributed by atoms with Gasteiger partial charge in [0.15, 0.2) is 11.5 Å². The first-order chi connectivity index (χ1) is 15.7. The molecule has 33 heavy (non-hydrogen) atoms. The lowest BCUT2D eigenvalue weighted by Crippen LogP contribution is -2.04. The highest BCUT2D eigenvalue weighted by Crippen LogP contribution is 2.32. The average Bonchev–Trinajstić information content (AvgIpc) is 2.78. The minimum atomic E-state index is -4.01. The number of benzene rings is 3. The van der Waals surface area contributed by atoms with E-state index in [9.17, 15) is 13.7 Å². The number of allylic oxidation sites excluding steroid dienone is 1. The Morgan fingerprint density at radius 2 is 1.64 bits per heavy atom. The topological polar surface area (TPSA) is 76.4 Å². The second kappa shape index (κ2) is 11.0. The van der Waals surface area contributed by atoms with Gasteiger partial charge in [-0.3, -0.25) is 0 Å². The Bertz CT molecular complexity index is 1330. The zero-order valence-electron chi connectivity index (χ0n) is 17.4. The van der Waals surface area contributed by atoms with Crippen LogP contribution in [-0.2, 0) is 16.4 Å². The zero-order chi connectivity index (χ0) is 24.0. The Hall–Kier alpha value is -2.69. The van der Waals surface area contributed by atoms with E-state index in [2.05, 4.69) is 0 Å².